The Morgan fingerprint density at radius 2 is 2.00 bits per heavy atom. The van der Waals surface area contributed by atoms with Gasteiger partial charge in [0.25, 0.3) is 5.91 Å². The zero-order valence-corrected chi connectivity index (χ0v) is 11.7. The second-order valence-corrected chi connectivity index (χ2v) is 5.12. The Morgan fingerprint density at radius 1 is 1.24 bits per heavy atom. The topological polar surface area (TPSA) is 62.6 Å². The molecule has 0 bridgehead atoms. The molecule has 1 aliphatic rings. The van der Waals surface area contributed by atoms with Gasteiger partial charge in [-0.3, -0.25) is 14.9 Å². The third-order valence-electron chi connectivity index (χ3n) is 3.54. The van der Waals surface area contributed by atoms with E-state index in [0.717, 1.165) is 11.3 Å². The molecule has 5 heteroatoms. The number of furan rings is 1. The molecule has 1 atom stereocenters. The molecule has 2 aromatic rings. The SMILES string of the molecule is Cc1ccc(N2C(=O)C[C@@H](NCc3ccco3)C2=O)cc1. The molecule has 21 heavy (non-hydrogen) atoms. The summed E-state index contributed by atoms with van der Waals surface area (Å²) in [5, 5.41) is 3.07. The monoisotopic (exact) mass is 284 g/mol. The summed E-state index contributed by atoms with van der Waals surface area (Å²) in [5.41, 5.74) is 1.71. The Hall–Kier alpha value is -2.40. The van der Waals surface area contributed by atoms with Crippen molar-refractivity contribution in [3.8, 4) is 0 Å². The van der Waals surface area contributed by atoms with E-state index in [1.165, 1.54) is 4.90 Å². The molecule has 108 valence electrons. The predicted octanol–water partition coefficient (Wildman–Crippen LogP) is 2.01. The predicted molar refractivity (Wildman–Crippen MR) is 77.6 cm³/mol. The van der Waals surface area contributed by atoms with E-state index in [1.807, 2.05) is 25.1 Å². The Kier molecular flexibility index (Phi) is 3.58. The van der Waals surface area contributed by atoms with Crippen LogP contribution in [-0.4, -0.2) is 17.9 Å². The van der Waals surface area contributed by atoms with Gasteiger partial charge in [0.1, 0.15) is 5.76 Å². The van der Waals surface area contributed by atoms with E-state index < -0.39 is 6.04 Å². The van der Waals surface area contributed by atoms with Crippen molar-refractivity contribution in [1.29, 1.82) is 0 Å². The smallest absolute Gasteiger partial charge is 0.251 e. The highest BCUT2D eigenvalue weighted by Crippen LogP contribution is 2.23. The van der Waals surface area contributed by atoms with E-state index in [4.69, 9.17) is 4.42 Å². The number of hydrogen-bond donors (Lipinski definition) is 1. The maximum Gasteiger partial charge on any atom is 0.251 e. The van der Waals surface area contributed by atoms with Crippen molar-refractivity contribution >= 4 is 17.5 Å². The second kappa shape index (κ2) is 5.54. The van der Waals surface area contributed by atoms with E-state index in [2.05, 4.69) is 5.32 Å². The number of aryl methyl sites for hydroxylation is 1. The lowest BCUT2D eigenvalue weighted by Crippen LogP contribution is -2.38. The normalized spacial score (nSPS) is 18.5. The summed E-state index contributed by atoms with van der Waals surface area (Å²) in [6, 6.07) is 10.5. The minimum absolute atomic E-state index is 0.174. The van der Waals surface area contributed by atoms with Crippen molar-refractivity contribution in [3.05, 3.63) is 54.0 Å². The largest absolute Gasteiger partial charge is 0.468 e. The summed E-state index contributed by atoms with van der Waals surface area (Å²) in [5.74, 6) is 0.347. The molecule has 1 N–H and O–H groups in total. The number of amides is 2. The number of rotatable bonds is 4. The van der Waals surface area contributed by atoms with Crippen LogP contribution in [0.5, 0.6) is 0 Å². The quantitative estimate of drug-likeness (QED) is 0.872. The first-order chi connectivity index (χ1) is 10.1. The van der Waals surface area contributed by atoms with Gasteiger partial charge in [0.15, 0.2) is 0 Å². The summed E-state index contributed by atoms with van der Waals surface area (Å²) < 4.78 is 5.21. The van der Waals surface area contributed by atoms with Gasteiger partial charge in [-0.25, -0.2) is 4.90 Å². The van der Waals surface area contributed by atoms with Gasteiger partial charge in [0, 0.05) is 0 Å². The third-order valence-corrected chi connectivity index (χ3v) is 3.54. The minimum atomic E-state index is -0.496. The van der Waals surface area contributed by atoms with Crippen LogP contribution in [0.25, 0.3) is 0 Å². The van der Waals surface area contributed by atoms with Crippen molar-refractivity contribution in [1.82, 2.24) is 5.32 Å². The molecule has 0 unspecified atom stereocenters. The van der Waals surface area contributed by atoms with Gasteiger partial charge in [-0.05, 0) is 31.2 Å². The van der Waals surface area contributed by atoms with Gasteiger partial charge in [0.2, 0.25) is 5.91 Å². The molecule has 1 saturated heterocycles. The fourth-order valence-corrected chi connectivity index (χ4v) is 2.39. The van der Waals surface area contributed by atoms with Gasteiger partial charge >= 0.3 is 0 Å². The van der Waals surface area contributed by atoms with Crippen molar-refractivity contribution in [2.75, 3.05) is 4.90 Å². The maximum absolute atomic E-state index is 12.4. The lowest BCUT2D eigenvalue weighted by atomic mass is 10.2. The van der Waals surface area contributed by atoms with Crippen LogP contribution in [0, 0.1) is 6.92 Å². The molecule has 3 rings (SSSR count). The molecule has 0 radical (unpaired) electrons. The molecule has 1 fully saturated rings. The van der Waals surface area contributed by atoms with E-state index in [0.29, 0.717) is 12.2 Å². The fourth-order valence-electron chi connectivity index (χ4n) is 2.39. The first-order valence-electron chi connectivity index (χ1n) is 6.84. The highest BCUT2D eigenvalue weighted by atomic mass is 16.3. The molecule has 0 spiro atoms. The highest BCUT2D eigenvalue weighted by Gasteiger charge is 2.39. The molecule has 0 aliphatic carbocycles. The second-order valence-electron chi connectivity index (χ2n) is 5.12. The summed E-state index contributed by atoms with van der Waals surface area (Å²) >= 11 is 0. The highest BCUT2D eigenvalue weighted by molar-refractivity contribution is 6.22. The Labute approximate surface area is 122 Å². The zero-order chi connectivity index (χ0) is 14.8. The molecule has 0 saturated carbocycles. The van der Waals surface area contributed by atoms with Crippen LogP contribution in [0.15, 0.2) is 47.1 Å². The molecule has 1 aromatic heterocycles. The van der Waals surface area contributed by atoms with Crippen LogP contribution in [0.3, 0.4) is 0 Å². The van der Waals surface area contributed by atoms with Crippen molar-refractivity contribution in [2.45, 2.75) is 25.9 Å². The van der Waals surface area contributed by atoms with Crippen LogP contribution in [0.4, 0.5) is 5.69 Å². The van der Waals surface area contributed by atoms with Crippen LogP contribution in [0.1, 0.15) is 17.7 Å². The lowest BCUT2D eigenvalue weighted by Gasteiger charge is -2.15. The number of carbonyl (C=O) groups excluding carboxylic acids is 2. The Bertz CT molecular complexity index is 647. The van der Waals surface area contributed by atoms with Gasteiger partial charge in [-0.1, -0.05) is 17.7 Å². The molecular weight excluding hydrogens is 268 g/mol. The van der Waals surface area contributed by atoms with Crippen molar-refractivity contribution in [3.63, 3.8) is 0 Å². The maximum atomic E-state index is 12.4. The number of hydrogen-bond acceptors (Lipinski definition) is 4. The van der Waals surface area contributed by atoms with Crippen LogP contribution in [0.2, 0.25) is 0 Å². The molecule has 2 heterocycles. The average Bonchev–Trinajstić information content (AvgIpc) is 3.07. The zero-order valence-electron chi connectivity index (χ0n) is 11.7. The number of benzene rings is 1. The fraction of sp³-hybridized carbons (Fsp3) is 0.250. The number of imide groups is 1. The van der Waals surface area contributed by atoms with Crippen LogP contribution < -0.4 is 10.2 Å². The summed E-state index contributed by atoms with van der Waals surface area (Å²) in [6.07, 6.45) is 1.75. The first-order valence-corrected chi connectivity index (χ1v) is 6.84. The minimum Gasteiger partial charge on any atom is -0.468 e. The van der Waals surface area contributed by atoms with Gasteiger partial charge in [0.05, 0.1) is 31.0 Å². The van der Waals surface area contributed by atoms with E-state index in [1.54, 1.807) is 24.5 Å². The van der Waals surface area contributed by atoms with E-state index >= 15 is 0 Å². The van der Waals surface area contributed by atoms with Crippen molar-refractivity contribution in [2.24, 2.45) is 0 Å². The standard InChI is InChI=1S/C16H16N2O3/c1-11-4-6-12(7-5-11)18-15(19)9-14(16(18)20)17-10-13-3-2-8-21-13/h2-8,14,17H,9-10H2,1H3/t14-/m1/s1. The summed E-state index contributed by atoms with van der Waals surface area (Å²) in [4.78, 5) is 25.7. The third kappa shape index (κ3) is 2.73. The lowest BCUT2D eigenvalue weighted by molar-refractivity contribution is -0.121. The van der Waals surface area contributed by atoms with Gasteiger partial charge in [-0.15, -0.1) is 0 Å². The molecular formula is C16H16N2O3. The molecule has 1 aromatic carbocycles. The number of anilines is 1. The number of carbonyl (C=O) groups is 2. The summed E-state index contributed by atoms with van der Waals surface area (Å²) in [7, 11) is 0. The van der Waals surface area contributed by atoms with Gasteiger partial charge < -0.3 is 4.42 Å². The van der Waals surface area contributed by atoms with E-state index in [9.17, 15) is 9.59 Å². The summed E-state index contributed by atoms with van der Waals surface area (Å²) in [6.45, 7) is 2.39. The van der Waals surface area contributed by atoms with E-state index in [-0.39, 0.29) is 18.2 Å². The van der Waals surface area contributed by atoms with Gasteiger partial charge in [-0.2, -0.15) is 0 Å². The first kappa shape index (κ1) is 13.6. The number of nitrogens with one attached hydrogen (secondary N) is 1. The molecule has 2 amide bonds. The average molecular weight is 284 g/mol. The Morgan fingerprint density at radius 3 is 2.67 bits per heavy atom. The van der Waals surface area contributed by atoms with Crippen LogP contribution in [-0.2, 0) is 16.1 Å². The number of nitrogens with zero attached hydrogens (tertiary/aromatic N) is 1. The molecule has 1 aliphatic heterocycles. The Balaban J connectivity index is 1.71. The molecule has 5 nitrogen and oxygen atoms in total. The van der Waals surface area contributed by atoms with Crippen molar-refractivity contribution < 1.29 is 14.0 Å². The van der Waals surface area contributed by atoms with Crippen LogP contribution >= 0.6 is 0 Å².